The minimum Gasteiger partial charge on any atom is -0.444 e. The van der Waals surface area contributed by atoms with Crippen LogP contribution in [0.4, 0.5) is 9.59 Å². The first-order valence-corrected chi connectivity index (χ1v) is 14.0. The van der Waals surface area contributed by atoms with E-state index in [-0.39, 0.29) is 24.5 Å². The summed E-state index contributed by atoms with van der Waals surface area (Å²) in [7, 11) is 1.69. The van der Waals surface area contributed by atoms with Gasteiger partial charge in [-0.25, -0.2) is 14.6 Å². The van der Waals surface area contributed by atoms with E-state index in [0.29, 0.717) is 38.4 Å². The predicted molar refractivity (Wildman–Crippen MR) is 148 cm³/mol. The highest BCUT2D eigenvalue weighted by atomic mass is 32.2. The average molecular weight is 541 g/mol. The summed E-state index contributed by atoms with van der Waals surface area (Å²) in [6.45, 7) is 12.7. The molecule has 0 spiro atoms. The Morgan fingerprint density at radius 2 is 1.89 bits per heavy atom. The average Bonchev–Trinajstić information content (AvgIpc) is 3.30. The summed E-state index contributed by atoms with van der Waals surface area (Å²) < 4.78 is 5.11. The highest BCUT2D eigenvalue weighted by Crippen LogP contribution is 2.20. The van der Waals surface area contributed by atoms with E-state index < -0.39 is 12.1 Å². The molecule has 1 aromatic rings. The number of nitrogens with one attached hydrogen (secondary N) is 3. The fourth-order valence-corrected chi connectivity index (χ4v) is 4.14. The molecule has 1 aromatic heterocycles. The number of aliphatic imine (C=N–C) groups is 1. The van der Waals surface area contributed by atoms with Gasteiger partial charge in [-0.15, -0.1) is 23.1 Å². The number of thiazole rings is 1. The van der Waals surface area contributed by atoms with E-state index in [2.05, 4.69) is 46.5 Å². The number of hydrogen-bond acceptors (Lipinski definition) is 8. The van der Waals surface area contributed by atoms with Gasteiger partial charge in [-0.3, -0.25) is 9.79 Å². The topological polar surface area (TPSA) is 125 Å². The second kappa shape index (κ2) is 17.0. The van der Waals surface area contributed by atoms with Crippen molar-refractivity contribution in [2.75, 3.05) is 33.0 Å². The molecule has 10 nitrogen and oxygen atoms in total. The van der Waals surface area contributed by atoms with Crippen LogP contribution in [-0.4, -0.2) is 73.7 Å². The van der Waals surface area contributed by atoms with Crippen LogP contribution in [0.2, 0.25) is 0 Å². The van der Waals surface area contributed by atoms with Crippen molar-refractivity contribution in [2.45, 2.75) is 59.0 Å². The van der Waals surface area contributed by atoms with Crippen molar-refractivity contribution < 1.29 is 19.1 Å². The molecule has 1 unspecified atom stereocenters. The molecular weight excluding hydrogens is 500 g/mol. The Balaban J connectivity index is 2.36. The third kappa shape index (κ3) is 11.9. The molecule has 0 radical (unpaired) electrons. The zero-order valence-electron chi connectivity index (χ0n) is 22.1. The molecule has 0 saturated carbocycles. The lowest BCUT2D eigenvalue weighted by atomic mass is 10.0. The Morgan fingerprint density at radius 1 is 1.22 bits per heavy atom. The number of aromatic nitrogens is 1. The van der Waals surface area contributed by atoms with E-state index in [9.17, 15) is 14.4 Å². The summed E-state index contributed by atoms with van der Waals surface area (Å²) in [5.74, 6) is 0.0291. The normalized spacial score (nSPS) is 12.3. The summed E-state index contributed by atoms with van der Waals surface area (Å²) in [4.78, 5) is 47.7. The molecule has 1 atom stereocenters. The van der Waals surface area contributed by atoms with Gasteiger partial charge >= 0.3 is 12.1 Å². The van der Waals surface area contributed by atoms with Gasteiger partial charge in [0.25, 0.3) is 0 Å². The lowest BCUT2D eigenvalue weighted by Crippen LogP contribution is -2.52. The summed E-state index contributed by atoms with van der Waals surface area (Å²) in [5, 5.41) is 11.4. The number of carbonyl (C=O) groups excluding carboxylic acids is 3. The van der Waals surface area contributed by atoms with Crippen LogP contribution in [0.25, 0.3) is 0 Å². The van der Waals surface area contributed by atoms with Crippen molar-refractivity contribution in [3.63, 3.8) is 0 Å². The van der Waals surface area contributed by atoms with Crippen molar-refractivity contribution in [1.29, 1.82) is 0 Å². The van der Waals surface area contributed by atoms with Crippen molar-refractivity contribution in [3.05, 3.63) is 27.2 Å². The third-order valence-electron chi connectivity index (χ3n) is 5.05. The van der Waals surface area contributed by atoms with E-state index in [1.165, 1.54) is 16.7 Å². The number of carbonyl (C=O) groups is 3. The molecule has 1 heterocycles. The number of rotatable bonds is 15. The summed E-state index contributed by atoms with van der Waals surface area (Å²) >= 11 is 3.02. The lowest BCUT2D eigenvalue weighted by Gasteiger charge is -2.25. The van der Waals surface area contributed by atoms with Crippen molar-refractivity contribution in [2.24, 2.45) is 10.9 Å². The molecular formula is C24H40N6O4S2. The first-order valence-electron chi connectivity index (χ1n) is 11.9. The highest BCUT2D eigenvalue weighted by Gasteiger charge is 2.25. The summed E-state index contributed by atoms with van der Waals surface area (Å²) in [6, 6.07) is -0.979. The molecule has 0 aromatic carbocycles. The molecule has 202 valence electrons. The van der Waals surface area contributed by atoms with Crippen LogP contribution in [0.15, 0.2) is 21.5 Å². The zero-order chi connectivity index (χ0) is 27.1. The minimum atomic E-state index is -0.654. The van der Waals surface area contributed by atoms with E-state index in [1.54, 1.807) is 24.6 Å². The van der Waals surface area contributed by atoms with Crippen molar-refractivity contribution >= 4 is 47.8 Å². The van der Waals surface area contributed by atoms with Gasteiger partial charge in [0.15, 0.2) is 0 Å². The molecule has 0 saturated heterocycles. The standard InChI is InChI=1S/C24H40N6O4S2/c1-16(2)20(29-23(32)30(6)13-18-15-36-22(28-18)17(3)4)21(31)26-10-8-9-11-27-24(33)34-14-19(35-7)12-25-5/h12,15-17,20H,5,8-11,13-14H2,1-4,6-7H3,(H,26,31)(H,27,33)(H,29,32)/b19-12-. The van der Waals surface area contributed by atoms with Crippen LogP contribution in [0.1, 0.15) is 57.2 Å². The number of thioether (sulfide) groups is 1. The monoisotopic (exact) mass is 540 g/mol. The maximum atomic E-state index is 12.7. The molecule has 36 heavy (non-hydrogen) atoms. The number of hydrogen-bond donors (Lipinski definition) is 3. The SMILES string of the molecule is C=N/C=C(/COC(=O)NCCCCNC(=O)C(NC(=O)N(C)Cc1csc(C(C)C)n1)C(C)C)SC. The van der Waals surface area contributed by atoms with Gasteiger partial charge in [0.2, 0.25) is 5.91 Å². The van der Waals surface area contributed by atoms with E-state index >= 15 is 0 Å². The molecule has 4 amide bonds. The Labute approximate surface area is 222 Å². The van der Waals surface area contributed by atoms with Gasteiger partial charge in [-0.05, 0) is 31.7 Å². The summed E-state index contributed by atoms with van der Waals surface area (Å²) in [6.07, 6.45) is 4.25. The van der Waals surface area contributed by atoms with Crippen molar-refractivity contribution in [3.8, 4) is 0 Å². The molecule has 0 aliphatic rings. The molecule has 1 rings (SSSR count). The van der Waals surface area contributed by atoms with Crippen molar-refractivity contribution in [1.82, 2.24) is 25.8 Å². The molecule has 3 N–H and O–H groups in total. The van der Waals surface area contributed by atoms with Gasteiger partial charge in [0.1, 0.15) is 12.6 Å². The second-order valence-electron chi connectivity index (χ2n) is 8.84. The number of urea groups is 1. The van der Waals surface area contributed by atoms with E-state index in [0.717, 1.165) is 15.6 Å². The van der Waals surface area contributed by atoms with Crippen LogP contribution < -0.4 is 16.0 Å². The first-order chi connectivity index (χ1) is 17.1. The van der Waals surface area contributed by atoms with Gasteiger partial charge in [0.05, 0.1) is 17.2 Å². The number of amides is 4. The maximum absolute atomic E-state index is 12.7. The first kappa shape index (κ1) is 31.4. The van der Waals surface area contributed by atoms with Crippen LogP contribution in [0.5, 0.6) is 0 Å². The molecule has 12 heteroatoms. The Bertz CT molecular complexity index is 888. The third-order valence-corrected chi connectivity index (χ3v) is 6.99. The van der Waals surface area contributed by atoms with Crippen LogP contribution in [0, 0.1) is 5.92 Å². The second-order valence-corrected chi connectivity index (χ2v) is 10.7. The van der Waals surface area contributed by atoms with E-state index in [4.69, 9.17) is 4.74 Å². The number of ether oxygens (including phenoxy) is 1. The maximum Gasteiger partial charge on any atom is 0.407 e. The van der Waals surface area contributed by atoms with Crippen LogP contribution >= 0.6 is 23.1 Å². The smallest absolute Gasteiger partial charge is 0.407 e. The largest absolute Gasteiger partial charge is 0.444 e. The quantitative estimate of drug-likeness (QED) is 0.228. The zero-order valence-corrected chi connectivity index (χ0v) is 23.8. The van der Waals surface area contributed by atoms with Gasteiger partial charge in [-0.2, -0.15) is 0 Å². The van der Waals surface area contributed by atoms with E-state index in [1.807, 2.05) is 25.5 Å². The highest BCUT2D eigenvalue weighted by molar-refractivity contribution is 8.02. The Hall–Kier alpha value is -2.60. The molecule has 0 fully saturated rings. The Kier molecular flexibility index (Phi) is 14.8. The van der Waals surface area contributed by atoms with Gasteiger partial charge in [0, 0.05) is 42.5 Å². The van der Waals surface area contributed by atoms with Gasteiger partial charge in [-0.1, -0.05) is 27.7 Å². The number of unbranched alkanes of at least 4 members (excludes halogenated alkanes) is 1. The molecule has 0 aliphatic heterocycles. The summed E-state index contributed by atoms with van der Waals surface area (Å²) in [5.41, 5.74) is 0.833. The van der Waals surface area contributed by atoms with Crippen LogP contribution in [0.3, 0.4) is 0 Å². The Morgan fingerprint density at radius 3 is 2.44 bits per heavy atom. The molecule has 0 bridgehead atoms. The number of alkyl carbamates (subject to hydrolysis) is 1. The minimum absolute atomic E-state index is 0.0814. The number of nitrogens with zero attached hydrogens (tertiary/aromatic N) is 3. The fraction of sp³-hybridized carbons (Fsp3) is 0.625. The predicted octanol–water partition coefficient (Wildman–Crippen LogP) is 3.96. The van der Waals surface area contributed by atoms with Gasteiger partial charge < -0.3 is 25.6 Å². The van der Waals surface area contributed by atoms with Crippen LogP contribution in [-0.2, 0) is 16.1 Å². The lowest BCUT2D eigenvalue weighted by molar-refractivity contribution is -0.123. The fourth-order valence-electron chi connectivity index (χ4n) is 2.95. The molecule has 0 aliphatic carbocycles.